The predicted octanol–water partition coefficient (Wildman–Crippen LogP) is 2.51. The second-order valence-corrected chi connectivity index (χ2v) is 6.36. The van der Waals surface area contributed by atoms with Gasteiger partial charge < -0.3 is 14.7 Å². The molecule has 1 aromatic heterocycles. The van der Waals surface area contributed by atoms with E-state index in [9.17, 15) is 14.7 Å². The number of rotatable bonds is 4. The van der Waals surface area contributed by atoms with Crippen molar-refractivity contribution in [1.29, 1.82) is 0 Å². The summed E-state index contributed by atoms with van der Waals surface area (Å²) in [5.74, 6) is -0.0664. The number of hydrogen-bond acceptors (Lipinski definition) is 4. The lowest BCUT2D eigenvalue weighted by atomic mass is 9.72. The van der Waals surface area contributed by atoms with Crippen molar-refractivity contribution in [3.63, 3.8) is 0 Å². The van der Waals surface area contributed by atoms with Gasteiger partial charge >= 0.3 is 0 Å². The highest BCUT2D eigenvalue weighted by Gasteiger charge is 2.51. The summed E-state index contributed by atoms with van der Waals surface area (Å²) >= 11 is 0. The van der Waals surface area contributed by atoms with E-state index in [1.165, 1.54) is 0 Å². The van der Waals surface area contributed by atoms with Crippen LogP contribution < -0.4 is 0 Å². The Hall–Kier alpha value is -1.91. The molecule has 2 unspecified atom stereocenters. The van der Waals surface area contributed by atoms with Crippen LogP contribution in [0.25, 0.3) is 0 Å². The molecule has 2 aliphatic rings. The molecule has 2 aliphatic carbocycles. The molecule has 0 radical (unpaired) electrons. The topological polar surface area (TPSA) is 83.0 Å². The van der Waals surface area contributed by atoms with E-state index in [2.05, 4.69) is 10.2 Å². The van der Waals surface area contributed by atoms with Gasteiger partial charge in [-0.15, -0.1) is 0 Å². The second kappa shape index (κ2) is 4.83. The first-order valence-corrected chi connectivity index (χ1v) is 7.38. The molecule has 2 N–H and O–H groups in total. The fourth-order valence-electron chi connectivity index (χ4n) is 3.81. The van der Waals surface area contributed by atoms with Crippen LogP contribution in [-0.4, -0.2) is 27.9 Å². The summed E-state index contributed by atoms with van der Waals surface area (Å²) in [7, 11) is 0. The molecule has 1 fully saturated rings. The van der Waals surface area contributed by atoms with Crippen molar-refractivity contribution in [2.75, 3.05) is 0 Å². The number of aliphatic hydroxyl groups excluding tert-OH is 1. The molecule has 1 heterocycles. The minimum atomic E-state index is -0.568. The third-order valence-electron chi connectivity index (χ3n) is 4.97. The Morgan fingerprint density at radius 1 is 1.33 bits per heavy atom. The molecule has 2 atom stereocenters. The van der Waals surface area contributed by atoms with E-state index in [0.717, 1.165) is 42.4 Å². The molecule has 0 aromatic carbocycles. The molecule has 112 valence electrons. The monoisotopic (exact) mass is 288 g/mol. The maximum atomic E-state index is 11.5. The fraction of sp³-hybridized carbons (Fsp3) is 0.562. The normalized spacial score (nSPS) is 27.5. The van der Waals surface area contributed by atoms with Crippen LogP contribution in [0.2, 0.25) is 0 Å². The lowest BCUT2D eigenvalue weighted by Gasteiger charge is -2.31. The first-order valence-electron chi connectivity index (χ1n) is 7.38. The van der Waals surface area contributed by atoms with Crippen LogP contribution in [0, 0.1) is 25.2 Å². The number of nitrogens with one attached hydrogen (secondary N) is 1. The summed E-state index contributed by atoms with van der Waals surface area (Å²) in [6.45, 7) is 3.88. The third-order valence-corrected chi connectivity index (χ3v) is 4.97. The Morgan fingerprint density at radius 3 is 2.52 bits per heavy atom. The van der Waals surface area contributed by atoms with Crippen LogP contribution in [0.15, 0.2) is 11.3 Å². The largest absolute Gasteiger partial charge is 0.512 e. The summed E-state index contributed by atoms with van der Waals surface area (Å²) in [5, 5.41) is 17.6. The summed E-state index contributed by atoms with van der Waals surface area (Å²) in [6.07, 6.45) is 4.40. The molecule has 1 saturated carbocycles. The molecule has 0 spiro atoms. The molecule has 5 nitrogen and oxygen atoms in total. The first kappa shape index (κ1) is 14.0. The lowest BCUT2D eigenvalue weighted by molar-refractivity contribution is -0.112. The van der Waals surface area contributed by atoms with E-state index in [1.807, 2.05) is 13.8 Å². The highest BCUT2D eigenvalue weighted by Crippen LogP contribution is 2.57. The quantitative estimate of drug-likeness (QED) is 0.834. The number of aldehydes is 2. The first-order chi connectivity index (χ1) is 10.0. The average molecular weight is 288 g/mol. The van der Waals surface area contributed by atoms with Crippen molar-refractivity contribution < 1.29 is 14.7 Å². The van der Waals surface area contributed by atoms with Crippen LogP contribution in [0.5, 0.6) is 0 Å². The molecular weight excluding hydrogens is 268 g/mol. The minimum Gasteiger partial charge on any atom is -0.512 e. The molecular formula is C16H20N2O3. The van der Waals surface area contributed by atoms with Gasteiger partial charge in [-0.2, -0.15) is 5.10 Å². The van der Waals surface area contributed by atoms with Crippen LogP contribution in [0.3, 0.4) is 0 Å². The molecule has 0 aliphatic heterocycles. The molecule has 21 heavy (non-hydrogen) atoms. The Bertz CT molecular complexity index is 606. The molecule has 0 saturated heterocycles. The molecule has 1 aromatic rings. The lowest BCUT2D eigenvalue weighted by Crippen LogP contribution is -2.26. The zero-order valence-electron chi connectivity index (χ0n) is 12.3. The van der Waals surface area contributed by atoms with Gasteiger partial charge in [-0.3, -0.25) is 5.10 Å². The standard InChI is InChI=1S/C16H20N2O3/c1-9-14(10(2)18-17-9)11-5-12(7-19)15(13(21)6-11)16(8-20)3-4-16/h7-8,11-12,21H,3-6H2,1-2H3,(H,17,18). The third kappa shape index (κ3) is 2.11. The van der Waals surface area contributed by atoms with E-state index in [0.29, 0.717) is 18.4 Å². The van der Waals surface area contributed by atoms with Gasteiger partial charge in [-0.25, -0.2) is 0 Å². The van der Waals surface area contributed by atoms with Crippen molar-refractivity contribution in [1.82, 2.24) is 10.2 Å². The zero-order valence-corrected chi connectivity index (χ0v) is 12.3. The van der Waals surface area contributed by atoms with Crippen LogP contribution in [-0.2, 0) is 9.59 Å². The van der Waals surface area contributed by atoms with Crippen LogP contribution in [0.4, 0.5) is 0 Å². The van der Waals surface area contributed by atoms with Gasteiger partial charge in [0, 0.05) is 18.0 Å². The Balaban J connectivity index is 1.98. The Kier molecular flexibility index (Phi) is 3.23. The van der Waals surface area contributed by atoms with Crippen molar-refractivity contribution in [3.05, 3.63) is 28.3 Å². The summed E-state index contributed by atoms with van der Waals surface area (Å²) in [5.41, 5.74) is 3.08. The number of aliphatic hydroxyl groups is 1. The van der Waals surface area contributed by atoms with Crippen molar-refractivity contribution in [2.24, 2.45) is 11.3 Å². The van der Waals surface area contributed by atoms with Gasteiger partial charge in [0.25, 0.3) is 0 Å². The maximum absolute atomic E-state index is 11.5. The maximum Gasteiger partial charge on any atom is 0.130 e. The number of allylic oxidation sites excluding steroid dienone is 2. The average Bonchev–Trinajstić information content (AvgIpc) is 3.18. The zero-order chi connectivity index (χ0) is 15.2. The molecule has 3 rings (SSSR count). The molecule has 0 bridgehead atoms. The number of aromatic nitrogens is 2. The van der Waals surface area contributed by atoms with Gasteiger partial charge in [0.2, 0.25) is 0 Å². The Labute approximate surface area is 123 Å². The smallest absolute Gasteiger partial charge is 0.130 e. The van der Waals surface area contributed by atoms with Crippen molar-refractivity contribution in [3.8, 4) is 0 Å². The summed E-state index contributed by atoms with van der Waals surface area (Å²) in [4.78, 5) is 22.8. The summed E-state index contributed by atoms with van der Waals surface area (Å²) in [6, 6.07) is 0. The predicted molar refractivity (Wildman–Crippen MR) is 77.0 cm³/mol. The fourth-order valence-corrected chi connectivity index (χ4v) is 3.81. The van der Waals surface area contributed by atoms with Gasteiger partial charge in [0.1, 0.15) is 12.6 Å². The Morgan fingerprint density at radius 2 is 2.05 bits per heavy atom. The van der Waals surface area contributed by atoms with Gasteiger partial charge in [0.05, 0.1) is 16.9 Å². The minimum absolute atomic E-state index is 0.0742. The van der Waals surface area contributed by atoms with E-state index >= 15 is 0 Å². The number of hydrogen-bond donors (Lipinski definition) is 2. The summed E-state index contributed by atoms with van der Waals surface area (Å²) < 4.78 is 0. The van der Waals surface area contributed by atoms with Gasteiger partial charge in [-0.1, -0.05) is 0 Å². The number of aryl methyl sites for hydroxylation is 2. The van der Waals surface area contributed by atoms with Gasteiger partial charge in [-0.05, 0) is 50.2 Å². The highest BCUT2D eigenvalue weighted by molar-refractivity contribution is 5.74. The number of H-pyrrole nitrogens is 1. The van der Waals surface area contributed by atoms with E-state index in [1.54, 1.807) is 0 Å². The van der Waals surface area contributed by atoms with Crippen molar-refractivity contribution in [2.45, 2.75) is 45.4 Å². The number of nitrogens with zero attached hydrogens (tertiary/aromatic N) is 1. The highest BCUT2D eigenvalue weighted by atomic mass is 16.3. The number of carbonyl (C=O) groups excluding carboxylic acids is 2. The van der Waals surface area contributed by atoms with E-state index < -0.39 is 5.41 Å². The molecule has 5 heteroatoms. The SMILES string of the molecule is Cc1n[nH]c(C)c1C1CC(O)=C(C2(C=O)CC2)C(C=O)C1. The second-order valence-electron chi connectivity index (χ2n) is 6.36. The van der Waals surface area contributed by atoms with Crippen molar-refractivity contribution >= 4 is 12.6 Å². The van der Waals surface area contributed by atoms with Crippen LogP contribution in [0.1, 0.15) is 48.6 Å². The van der Waals surface area contributed by atoms with E-state index in [-0.39, 0.29) is 17.6 Å². The van der Waals surface area contributed by atoms with Crippen LogP contribution >= 0.6 is 0 Å². The van der Waals surface area contributed by atoms with E-state index in [4.69, 9.17) is 0 Å². The van der Waals surface area contributed by atoms with Gasteiger partial charge in [0.15, 0.2) is 0 Å². The number of aromatic amines is 1. The molecule has 0 amide bonds. The number of carbonyl (C=O) groups is 2.